The Hall–Kier alpha value is -0.420. The van der Waals surface area contributed by atoms with Crippen LogP contribution in [0.4, 0.5) is 0 Å². The largest absolute Gasteiger partial charge is 0.383 e. The summed E-state index contributed by atoms with van der Waals surface area (Å²) in [6.07, 6.45) is 0. The third kappa shape index (κ3) is 5.17. The molecule has 0 fully saturated rings. The molecule has 0 saturated heterocycles. The molecule has 0 spiro atoms. The molecular formula is C12H18ClNO2S. The summed E-state index contributed by atoms with van der Waals surface area (Å²) in [6.45, 7) is 3.42. The lowest BCUT2D eigenvalue weighted by atomic mass is 10.3. The van der Waals surface area contributed by atoms with Crippen LogP contribution in [-0.2, 0) is 15.5 Å². The molecule has 0 aromatic heterocycles. The summed E-state index contributed by atoms with van der Waals surface area (Å²) in [5, 5.41) is 3.91. The van der Waals surface area contributed by atoms with Crippen molar-refractivity contribution < 1.29 is 8.95 Å². The highest BCUT2D eigenvalue weighted by molar-refractivity contribution is 7.85. The highest BCUT2D eigenvalue weighted by Crippen LogP contribution is 2.13. The minimum atomic E-state index is -1.03. The van der Waals surface area contributed by atoms with Gasteiger partial charge in [0.15, 0.2) is 0 Å². The minimum absolute atomic E-state index is 0.113. The van der Waals surface area contributed by atoms with Gasteiger partial charge < -0.3 is 10.1 Å². The Labute approximate surface area is 110 Å². The fraction of sp³-hybridized carbons (Fsp3) is 0.500. The first-order valence-corrected chi connectivity index (χ1v) is 7.23. The molecule has 0 amide bonds. The van der Waals surface area contributed by atoms with Crippen LogP contribution in [0.3, 0.4) is 0 Å². The number of ether oxygens (including phenoxy) is 1. The van der Waals surface area contributed by atoms with Crippen LogP contribution in [0.15, 0.2) is 29.2 Å². The Morgan fingerprint density at radius 1 is 1.41 bits per heavy atom. The van der Waals surface area contributed by atoms with Crippen molar-refractivity contribution in [2.45, 2.75) is 17.9 Å². The second kappa shape index (κ2) is 7.82. The van der Waals surface area contributed by atoms with Crippen molar-refractivity contribution in [3.8, 4) is 0 Å². The fourth-order valence-corrected chi connectivity index (χ4v) is 2.86. The van der Waals surface area contributed by atoms with Gasteiger partial charge in [0, 0.05) is 28.8 Å². The maximum atomic E-state index is 12.1. The van der Waals surface area contributed by atoms with Gasteiger partial charge >= 0.3 is 0 Å². The lowest BCUT2D eigenvalue weighted by Gasteiger charge is -2.16. The molecule has 2 unspecified atom stereocenters. The van der Waals surface area contributed by atoms with Crippen LogP contribution >= 0.6 is 11.6 Å². The van der Waals surface area contributed by atoms with Crippen LogP contribution in [0.25, 0.3) is 0 Å². The number of nitrogens with one attached hydrogen (secondary N) is 1. The number of hydrogen-bond donors (Lipinski definition) is 1. The van der Waals surface area contributed by atoms with Gasteiger partial charge in [-0.15, -0.1) is 0 Å². The molecule has 2 atom stereocenters. The molecule has 5 heteroatoms. The maximum Gasteiger partial charge on any atom is 0.0624 e. The Balaban J connectivity index is 2.60. The molecule has 0 aliphatic heterocycles. The SMILES string of the molecule is CCNC(COC)CS(=O)c1ccc(Cl)cc1. The van der Waals surface area contributed by atoms with Crippen molar-refractivity contribution in [1.82, 2.24) is 5.32 Å². The molecular weight excluding hydrogens is 258 g/mol. The van der Waals surface area contributed by atoms with Crippen molar-refractivity contribution in [3.63, 3.8) is 0 Å². The van der Waals surface area contributed by atoms with E-state index in [4.69, 9.17) is 16.3 Å². The quantitative estimate of drug-likeness (QED) is 0.828. The summed E-state index contributed by atoms with van der Waals surface area (Å²) < 4.78 is 17.2. The van der Waals surface area contributed by atoms with Crippen molar-refractivity contribution in [1.29, 1.82) is 0 Å². The van der Waals surface area contributed by atoms with Gasteiger partial charge in [-0.3, -0.25) is 4.21 Å². The first-order valence-electron chi connectivity index (χ1n) is 5.53. The Bertz CT molecular complexity index is 350. The highest BCUT2D eigenvalue weighted by Gasteiger charge is 2.12. The van der Waals surface area contributed by atoms with E-state index >= 15 is 0 Å². The van der Waals surface area contributed by atoms with Gasteiger partial charge in [-0.2, -0.15) is 0 Å². The van der Waals surface area contributed by atoms with Gasteiger partial charge in [0.05, 0.1) is 17.4 Å². The standard InChI is InChI=1S/C12H18ClNO2S/c1-3-14-11(8-16-2)9-17(15)12-6-4-10(13)5-7-12/h4-7,11,14H,3,8-9H2,1-2H3. The predicted octanol–water partition coefficient (Wildman–Crippen LogP) is 2.07. The van der Waals surface area contributed by atoms with E-state index in [1.807, 2.05) is 6.92 Å². The van der Waals surface area contributed by atoms with E-state index in [0.717, 1.165) is 11.4 Å². The van der Waals surface area contributed by atoms with Gasteiger partial charge in [0.2, 0.25) is 0 Å². The molecule has 0 bridgehead atoms. The van der Waals surface area contributed by atoms with E-state index < -0.39 is 10.8 Å². The lowest BCUT2D eigenvalue weighted by Crippen LogP contribution is -2.37. The van der Waals surface area contributed by atoms with Crippen molar-refractivity contribution in [3.05, 3.63) is 29.3 Å². The first kappa shape index (κ1) is 14.6. The van der Waals surface area contributed by atoms with Crippen molar-refractivity contribution >= 4 is 22.4 Å². The van der Waals surface area contributed by atoms with E-state index in [1.54, 1.807) is 31.4 Å². The van der Waals surface area contributed by atoms with Crippen LogP contribution < -0.4 is 5.32 Å². The summed E-state index contributed by atoms with van der Waals surface area (Å²) in [5.74, 6) is 0.545. The van der Waals surface area contributed by atoms with Gasteiger partial charge in [0.25, 0.3) is 0 Å². The average Bonchev–Trinajstić information content (AvgIpc) is 2.30. The zero-order chi connectivity index (χ0) is 12.7. The molecule has 1 N–H and O–H groups in total. The summed E-state index contributed by atoms with van der Waals surface area (Å²) in [7, 11) is 0.622. The van der Waals surface area contributed by atoms with Crippen LogP contribution in [-0.4, -0.2) is 36.3 Å². The lowest BCUT2D eigenvalue weighted by molar-refractivity contribution is 0.174. The number of rotatable bonds is 7. The molecule has 1 aromatic rings. The summed E-state index contributed by atoms with van der Waals surface area (Å²) >= 11 is 5.79. The minimum Gasteiger partial charge on any atom is -0.383 e. The molecule has 0 aliphatic carbocycles. The molecule has 0 aliphatic rings. The summed E-state index contributed by atoms with van der Waals surface area (Å²) in [4.78, 5) is 0.799. The van der Waals surface area contributed by atoms with Crippen LogP contribution in [0.1, 0.15) is 6.92 Å². The van der Waals surface area contributed by atoms with Crippen LogP contribution in [0.2, 0.25) is 5.02 Å². The van der Waals surface area contributed by atoms with E-state index in [-0.39, 0.29) is 6.04 Å². The van der Waals surface area contributed by atoms with E-state index in [1.165, 1.54) is 0 Å². The van der Waals surface area contributed by atoms with E-state index in [2.05, 4.69) is 5.32 Å². The normalized spacial score (nSPS) is 14.5. The number of benzene rings is 1. The van der Waals surface area contributed by atoms with Crippen LogP contribution in [0, 0.1) is 0 Å². The van der Waals surface area contributed by atoms with E-state index in [9.17, 15) is 4.21 Å². The zero-order valence-electron chi connectivity index (χ0n) is 10.1. The molecule has 0 heterocycles. The van der Waals surface area contributed by atoms with Crippen molar-refractivity contribution in [2.24, 2.45) is 0 Å². The van der Waals surface area contributed by atoms with Gasteiger partial charge in [0.1, 0.15) is 0 Å². The second-order valence-corrected chi connectivity index (χ2v) is 5.61. The Morgan fingerprint density at radius 3 is 2.59 bits per heavy atom. The molecule has 0 saturated carbocycles. The monoisotopic (exact) mass is 275 g/mol. The highest BCUT2D eigenvalue weighted by atomic mass is 35.5. The third-order valence-electron chi connectivity index (χ3n) is 2.29. The fourth-order valence-electron chi connectivity index (χ4n) is 1.52. The number of halogens is 1. The molecule has 0 radical (unpaired) electrons. The van der Waals surface area contributed by atoms with Gasteiger partial charge in [-0.1, -0.05) is 18.5 Å². The molecule has 1 aromatic carbocycles. The zero-order valence-corrected chi connectivity index (χ0v) is 11.7. The van der Waals surface area contributed by atoms with E-state index in [0.29, 0.717) is 17.4 Å². The molecule has 96 valence electrons. The molecule has 17 heavy (non-hydrogen) atoms. The predicted molar refractivity (Wildman–Crippen MR) is 72.1 cm³/mol. The summed E-state index contributed by atoms with van der Waals surface area (Å²) in [5.41, 5.74) is 0. The number of hydrogen-bond acceptors (Lipinski definition) is 3. The Morgan fingerprint density at radius 2 is 2.06 bits per heavy atom. The van der Waals surface area contributed by atoms with Crippen LogP contribution in [0.5, 0.6) is 0 Å². The molecule has 3 nitrogen and oxygen atoms in total. The van der Waals surface area contributed by atoms with Gasteiger partial charge in [-0.05, 0) is 30.8 Å². The first-order chi connectivity index (χ1) is 8.17. The third-order valence-corrected chi connectivity index (χ3v) is 4.04. The smallest absolute Gasteiger partial charge is 0.0624 e. The van der Waals surface area contributed by atoms with Gasteiger partial charge in [-0.25, -0.2) is 0 Å². The van der Waals surface area contributed by atoms with Crippen molar-refractivity contribution in [2.75, 3.05) is 26.0 Å². The number of likely N-dealkylation sites (N-methyl/N-ethyl adjacent to an activating group) is 1. The summed E-state index contributed by atoms with van der Waals surface area (Å²) in [6, 6.07) is 7.23. The second-order valence-electron chi connectivity index (χ2n) is 3.68. The molecule has 1 rings (SSSR count). The Kier molecular flexibility index (Phi) is 6.73. The average molecular weight is 276 g/mol. The topological polar surface area (TPSA) is 38.3 Å². The maximum absolute atomic E-state index is 12.1. The number of methoxy groups -OCH3 is 1.